The summed E-state index contributed by atoms with van der Waals surface area (Å²) in [5, 5.41) is 2.49. The Morgan fingerprint density at radius 1 is 0.958 bits per heavy atom. The number of hydrogen-bond acceptors (Lipinski definition) is 1. The first-order valence-electron chi connectivity index (χ1n) is 8.76. The van der Waals surface area contributed by atoms with Gasteiger partial charge < -0.3 is 0 Å². The minimum Gasteiger partial charge on any atom is -0.293 e. The first-order chi connectivity index (χ1) is 11.6. The van der Waals surface area contributed by atoms with E-state index in [9.17, 15) is 4.79 Å². The van der Waals surface area contributed by atoms with Gasteiger partial charge in [0.2, 0.25) is 0 Å². The van der Waals surface area contributed by atoms with Gasteiger partial charge in [-0.2, -0.15) is 0 Å². The van der Waals surface area contributed by atoms with Crippen LogP contribution < -0.4 is 0 Å². The molecule has 0 aliphatic heterocycles. The lowest BCUT2D eigenvalue weighted by Crippen LogP contribution is -2.06. The number of ketones is 1. The SMILES string of the molecule is CC(C)Cc1ccc2ccc(C3Cc4ccccc4C3=O)cc2c1. The Morgan fingerprint density at radius 2 is 1.75 bits per heavy atom. The molecule has 1 nitrogen and oxygen atoms in total. The first kappa shape index (κ1) is 15.1. The third-order valence-electron chi connectivity index (χ3n) is 5.00. The van der Waals surface area contributed by atoms with Gasteiger partial charge in [-0.25, -0.2) is 0 Å². The fraction of sp³-hybridized carbons (Fsp3) is 0.261. The highest BCUT2D eigenvalue weighted by Gasteiger charge is 2.31. The van der Waals surface area contributed by atoms with Crippen molar-refractivity contribution < 1.29 is 4.79 Å². The van der Waals surface area contributed by atoms with Crippen molar-refractivity contribution in [3.05, 3.63) is 82.9 Å². The third kappa shape index (κ3) is 2.65. The summed E-state index contributed by atoms with van der Waals surface area (Å²) in [6.07, 6.45) is 1.92. The molecule has 0 aromatic heterocycles. The Labute approximate surface area is 143 Å². The van der Waals surface area contributed by atoms with Crippen molar-refractivity contribution in [2.24, 2.45) is 5.92 Å². The molecule has 0 saturated heterocycles. The van der Waals surface area contributed by atoms with E-state index in [-0.39, 0.29) is 11.7 Å². The van der Waals surface area contributed by atoms with Crippen LogP contribution in [0, 0.1) is 5.92 Å². The van der Waals surface area contributed by atoms with Crippen LogP contribution in [0.25, 0.3) is 10.8 Å². The van der Waals surface area contributed by atoms with Crippen LogP contribution >= 0.6 is 0 Å². The van der Waals surface area contributed by atoms with Gasteiger partial charge in [-0.3, -0.25) is 4.79 Å². The second kappa shape index (κ2) is 5.90. The van der Waals surface area contributed by atoms with Crippen LogP contribution in [0.1, 0.15) is 46.8 Å². The lowest BCUT2D eigenvalue weighted by atomic mass is 9.92. The Morgan fingerprint density at radius 3 is 2.54 bits per heavy atom. The topological polar surface area (TPSA) is 17.1 Å². The molecule has 0 radical (unpaired) electrons. The summed E-state index contributed by atoms with van der Waals surface area (Å²) in [6.45, 7) is 4.49. The molecule has 1 atom stereocenters. The fourth-order valence-electron chi connectivity index (χ4n) is 3.84. The lowest BCUT2D eigenvalue weighted by molar-refractivity contribution is 0.0973. The maximum absolute atomic E-state index is 12.7. The Kier molecular flexibility index (Phi) is 3.72. The number of carbonyl (C=O) groups is 1. The largest absolute Gasteiger partial charge is 0.293 e. The van der Waals surface area contributed by atoms with E-state index in [0.29, 0.717) is 5.92 Å². The number of fused-ring (bicyclic) bond motifs is 2. The highest BCUT2D eigenvalue weighted by atomic mass is 16.1. The monoisotopic (exact) mass is 314 g/mol. The molecule has 4 rings (SSSR count). The molecule has 24 heavy (non-hydrogen) atoms. The van der Waals surface area contributed by atoms with E-state index in [4.69, 9.17) is 0 Å². The number of rotatable bonds is 3. The Hall–Kier alpha value is -2.41. The summed E-state index contributed by atoms with van der Waals surface area (Å²) in [5.41, 5.74) is 4.60. The summed E-state index contributed by atoms with van der Waals surface area (Å²) in [6, 6.07) is 21.2. The molecular formula is C23H22O. The van der Waals surface area contributed by atoms with Crippen molar-refractivity contribution in [3.8, 4) is 0 Å². The average molecular weight is 314 g/mol. The Bertz CT molecular complexity index is 920. The van der Waals surface area contributed by atoms with E-state index in [1.54, 1.807) is 0 Å². The molecule has 1 aliphatic rings. The predicted molar refractivity (Wildman–Crippen MR) is 99.7 cm³/mol. The predicted octanol–water partition coefficient (Wildman–Crippen LogP) is 5.56. The summed E-state index contributed by atoms with van der Waals surface area (Å²) in [4.78, 5) is 12.7. The molecule has 0 amide bonds. The van der Waals surface area contributed by atoms with Crippen molar-refractivity contribution in [1.82, 2.24) is 0 Å². The van der Waals surface area contributed by atoms with Gasteiger partial charge in [0, 0.05) is 5.56 Å². The minimum atomic E-state index is -0.0273. The average Bonchev–Trinajstić information content (AvgIpc) is 2.91. The van der Waals surface area contributed by atoms with Crippen LogP contribution in [-0.2, 0) is 12.8 Å². The van der Waals surface area contributed by atoms with Gasteiger partial charge in [0.1, 0.15) is 0 Å². The molecule has 0 N–H and O–H groups in total. The molecule has 1 aliphatic carbocycles. The van der Waals surface area contributed by atoms with Crippen molar-refractivity contribution in [3.63, 3.8) is 0 Å². The minimum absolute atomic E-state index is 0.0273. The summed E-state index contributed by atoms with van der Waals surface area (Å²) >= 11 is 0. The number of Topliss-reactive ketones (excluding diaryl/α,β-unsaturated/α-hetero) is 1. The summed E-state index contributed by atoms with van der Waals surface area (Å²) in [7, 11) is 0. The second-order valence-corrected chi connectivity index (χ2v) is 7.32. The van der Waals surface area contributed by atoms with E-state index in [0.717, 1.165) is 24.0 Å². The summed E-state index contributed by atoms with van der Waals surface area (Å²) in [5.74, 6) is 0.889. The van der Waals surface area contributed by atoms with E-state index < -0.39 is 0 Å². The van der Waals surface area contributed by atoms with E-state index in [1.165, 1.54) is 21.9 Å². The quantitative estimate of drug-likeness (QED) is 0.618. The zero-order valence-corrected chi connectivity index (χ0v) is 14.3. The standard InChI is InChI=1S/C23H22O/c1-15(2)11-16-7-8-17-9-10-19(13-20(17)12-16)22-14-18-5-3-4-6-21(18)23(22)24/h3-10,12-13,15,22H,11,14H2,1-2H3. The molecule has 3 aromatic carbocycles. The van der Waals surface area contributed by atoms with Crippen molar-refractivity contribution in [2.75, 3.05) is 0 Å². The number of benzene rings is 3. The third-order valence-corrected chi connectivity index (χ3v) is 5.00. The van der Waals surface area contributed by atoms with Gasteiger partial charge >= 0.3 is 0 Å². The van der Waals surface area contributed by atoms with Crippen molar-refractivity contribution >= 4 is 16.6 Å². The molecule has 3 aromatic rings. The normalized spacial score (nSPS) is 16.8. The number of hydrogen-bond donors (Lipinski definition) is 0. The highest BCUT2D eigenvalue weighted by Crippen LogP contribution is 2.35. The van der Waals surface area contributed by atoms with Gasteiger partial charge in [-0.15, -0.1) is 0 Å². The zero-order valence-electron chi connectivity index (χ0n) is 14.3. The van der Waals surface area contributed by atoms with Crippen LogP contribution in [0.3, 0.4) is 0 Å². The molecular weight excluding hydrogens is 292 g/mol. The van der Waals surface area contributed by atoms with Gasteiger partial charge in [0.15, 0.2) is 5.78 Å². The molecule has 1 unspecified atom stereocenters. The highest BCUT2D eigenvalue weighted by molar-refractivity contribution is 6.05. The van der Waals surface area contributed by atoms with Crippen LogP contribution in [0.5, 0.6) is 0 Å². The van der Waals surface area contributed by atoms with Crippen molar-refractivity contribution in [1.29, 1.82) is 0 Å². The van der Waals surface area contributed by atoms with Gasteiger partial charge in [-0.1, -0.05) is 74.5 Å². The molecule has 0 spiro atoms. The molecule has 0 heterocycles. The smallest absolute Gasteiger partial charge is 0.170 e. The van der Waals surface area contributed by atoms with Gasteiger partial charge in [0.05, 0.1) is 5.92 Å². The van der Waals surface area contributed by atoms with Crippen LogP contribution in [0.4, 0.5) is 0 Å². The van der Waals surface area contributed by atoms with Gasteiger partial charge in [-0.05, 0) is 46.2 Å². The van der Waals surface area contributed by atoms with E-state index in [2.05, 4.69) is 56.3 Å². The molecule has 1 heteroatoms. The zero-order chi connectivity index (χ0) is 16.7. The maximum atomic E-state index is 12.7. The Balaban J connectivity index is 1.71. The van der Waals surface area contributed by atoms with Crippen molar-refractivity contribution in [2.45, 2.75) is 32.6 Å². The maximum Gasteiger partial charge on any atom is 0.170 e. The molecule has 0 fully saturated rings. The van der Waals surface area contributed by atoms with E-state index in [1.807, 2.05) is 18.2 Å². The fourth-order valence-corrected chi connectivity index (χ4v) is 3.84. The number of carbonyl (C=O) groups excluding carboxylic acids is 1. The van der Waals surface area contributed by atoms with Crippen LogP contribution in [0.2, 0.25) is 0 Å². The lowest BCUT2D eigenvalue weighted by Gasteiger charge is -2.11. The summed E-state index contributed by atoms with van der Waals surface area (Å²) < 4.78 is 0. The second-order valence-electron chi connectivity index (χ2n) is 7.32. The molecule has 0 saturated carbocycles. The molecule has 0 bridgehead atoms. The van der Waals surface area contributed by atoms with Crippen LogP contribution in [0.15, 0.2) is 60.7 Å². The van der Waals surface area contributed by atoms with Gasteiger partial charge in [0.25, 0.3) is 0 Å². The van der Waals surface area contributed by atoms with E-state index >= 15 is 0 Å². The first-order valence-corrected chi connectivity index (χ1v) is 8.76. The molecule has 120 valence electrons. The van der Waals surface area contributed by atoms with Crippen LogP contribution in [-0.4, -0.2) is 5.78 Å².